The maximum absolute atomic E-state index is 9.33. The average molecular weight is 265 g/mol. The Kier molecular flexibility index (Phi) is 6.81. The molecule has 0 aromatic carbocycles. The van der Waals surface area contributed by atoms with E-state index in [1.54, 1.807) is 0 Å². The predicted octanol–water partition coefficient (Wildman–Crippen LogP) is 1.91. The van der Waals surface area contributed by atoms with E-state index >= 15 is 0 Å². The summed E-state index contributed by atoms with van der Waals surface area (Å²) in [6.07, 6.45) is 3.15. The van der Waals surface area contributed by atoms with Crippen molar-refractivity contribution in [3.05, 3.63) is 23.4 Å². The highest BCUT2D eigenvalue weighted by Gasteiger charge is 2.07. The third kappa shape index (κ3) is 5.57. The molecule has 1 heterocycles. The Balaban J connectivity index is 2.71. The van der Waals surface area contributed by atoms with E-state index < -0.39 is 0 Å². The normalized spacial score (nSPS) is 11.1. The van der Waals surface area contributed by atoms with Crippen molar-refractivity contribution >= 4 is 5.82 Å². The van der Waals surface area contributed by atoms with Gasteiger partial charge in [-0.3, -0.25) is 0 Å². The van der Waals surface area contributed by atoms with Crippen LogP contribution in [0, 0.1) is 0 Å². The van der Waals surface area contributed by atoms with Crippen LogP contribution in [0.4, 0.5) is 5.82 Å². The molecule has 0 unspecified atom stereocenters. The zero-order valence-electron chi connectivity index (χ0n) is 12.7. The maximum Gasteiger partial charge on any atom is 0.128 e. The summed E-state index contributed by atoms with van der Waals surface area (Å²) in [5.74, 6) is 0.966. The summed E-state index contributed by atoms with van der Waals surface area (Å²) in [5, 5.41) is 9.33. The lowest BCUT2D eigenvalue weighted by molar-refractivity contribution is 0.281. The monoisotopic (exact) mass is 265 g/mol. The topological polar surface area (TPSA) is 39.6 Å². The summed E-state index contributed by atoms with van der Waals surface area (Å²) in [6.45, 7) is 4.28. The molecule has 19 heavy (non-hydrogen) atoms. The second-order valence-electron chi connectivity index (χ2n) is 5.31. The smallest absolute Gasteiger partial charge is 0.128 e. The summed E-state index contributed by atoms with van der Waals surface area (Å²) in [6, 6.07) is 3.98. The number of aromatic nitrogens is 1. The molecule has 0 spiro atoms. The molecule has 1 rings (SSSR count). The van der Waals surface area contributed by atoms with Gasteiger partial charge in [-0.1, -0.05) is 13.3 Å². The minimum atomic E-state index is 0.0811. The van der Waals surface area contributed by atoms with Gasteiger partial charge in [0.05, 0.1) is 6.61 Å². The largest absolute Gasteiger partial charge is 0.392 e. The van der Waals surface area contributed by atoms with Gasteiger partial charge in [0.15, 0.2) is 0 Å². The van der Waals surface area contributed by atoms with E-state index in [4.69, 9.17) is 0 Å². The number of hydrogen-bond donors (Lipinski definition) is 1. The Labute approximate surface area is 117 Å². The minimum absolute atomic E-state index is 0.0811. The van der Waals surface area contributed by atoms with E-state index in [-0.39, 0.29) is 6.61 Å². The molecule has 1 aromatic rings. The number of anilines is 1. The first-order valence-corrected chi connectivity index (χ1v) is 7.03. The number of aliphatic hydroxyl groups is 1. The number of hydrogen-bond acceptors (Lipinski definition) is 4. The fourth-order valence-electron chi connectivity index (χ4n) is 2.04. The summed E-state index contributed by atoms with van der Waals surface area (Å²) in [7, 11) is 6.24. The van der Waals surface area contributed by atoms with Crippen molar-refractivity contribution in [2.45, 2.75) is 32.8 Å². The maximum atomic E-state index is 9.33. The van der Waals surface area contributed by atoms with Crippen molar-refractivity contribution in [1.82, 2.24) is 9.88 Å². The molecule has 1 aromatic heterocycles. The molecule has 0 saturated heterocycles. The predicted molar refractivity (Wildman–Crippen MR) is 80.6 cm³/mol. The van der Waals surface area contributed by atoms with Crippen LogP contribution in [0.3, 0.4) is 0 Å². The van der Waals surface area contributed by atoms with Crippen LogP contribution in [0.5, 0.6) is 0 Å². The number of aryl methyl sites for hydroxylation is 1. The Morgan fingerprint density at radius 2 is 1.89 bits per heavy atom. The van der Waals surface area contributed by atoms with Crippen molar-refractivity contribution in [3.8, 4) is 0 Å². The fraction of sp³-hybridized carbons (Fsp3) is 0.667. The second-order valence-corrected chi connectivity index (χ2v) is 5.31. The molecule has 0 aliphatic carbocycles. The standard InChI is InChI=1S/C15H27N3O/c1-5-7-14-10-13(12-19)11-15(16-14)18(4)9-6-8-17(2)3/h10-11,19H,5-9,12H2,1-4H3. The Morgan fingerprint density at radius 1 is 1.16 bits per heavy atom. The van der Waals surface area contributed by atoms with Gasteiger partial charge in [-0.05, 0) is 51.2 Å². The molecule has 108 valence electrons. The van der Waals surface area contributed by atoms with Gasteiger partial charge in [-0.2, -0.15) is 0 Å². The third-order valence-electron chi connectivity index (χ3n) is 3.10. The zero-order valence-corrected chi connectivity index (χ0v) is 12.7. The molecule has 0 bridgehead atoms. The average Bonchev–Trinajstić information content (AvgIpc) is 2.38. The van der Waals surface area contributed by atoms with Crippen LogP contribution >= 0.6 is 0 Å². The highest BCUT2D eigenvalue weighted by atomic mass is 16.3. The lowest BCUT2D eigenvalue weighted by Gasteiger charge is -2.20. The molecular weight excluding hydrogens is 238 g/mol. The molecule has 0 atom stereocenters. The summed E-state index contributed by atoms with van der Waals surface area (Å²) in [4.78, 5) is 9.03. The fourth-order valence-corrected chi connectivity index (χ4v) is 2.04. The van der Waals surface area contributed by atoms with Crippen LogP contribution in [0.2, 0.25) is 0 Å². The summed E-state index contributed by atoms with van der Waals surface area (Å²) < 4.78 is 0. The number of pyridine rings is 1. The molecule has 0 saturated carbocycles. The lowest BCUT2D eigenvalue weighted by atomic mass is 10.1. The third-order valence-corrected chi connectivity index (χ3v) is 3.10. The van der Waals surface area contributed by atoms with Gasteiger partial charge in [-0.15, -0.1) is 0 Å². The molecule has 0 aliphatic heterocycles. The zero-order chi connectivity index (χ0) is 14.3. The van der Waals surface area contributed by atoms with Crippen molar-refractivity contribution in [1.29, 1.82) is 0 Å². The molecule has 1 N–H and O–H groups in total. The van der Waals surface area contributed by atoms with Crippen molar-refractivity contribution in [2.24, 2.45) is 0 Å². The quantitative estimate of drug-likeness (QED) is 0.779. The van der Waals surface area contributed by atoms with E-state index in [1.165, 1.54) is 0 Å². The van der Waals surface area contributed by atoms with Crippen LogP contribution < -0.4 is 4.90 Å². The van der Waals surface area contributed by atoms with Gasteiger partial charge >= 0.3 is 0 Å². The molecule has 0 radical (unpaired) electrons. The first-order chi connectivity index (χ1) is 9.06. The first kappa shape index (κ1) is 15.9. The van der Waals surface area contributed by atoms with Crippen LogP contribution in [-0.2, 0) is 13.0 Å². The highest BCUT2D eigenvalue weighted by molar-refractivity contribution is 5.41. The van der Waals surface area contributed by atoms with Crippen LogP contribution in [0.1, 0.15) is 31.0 Å². The van der Waals surface area contributed by atoms with Gasteiger partial charge in [0.2, 0.25) is 0 Å². The van der Waals surface area contributed by atoms with Gasteiger partial charge in [0, 0.05) is 19.3 Å². The van der Waals surface area contributed by atoms with Crippen LogP contribution in [0.15, 0.2) is 12.1 Å². The lowest BCUT2D eigenvalue weighted by Crippen LogP contribution is -2.24. The Morgan fingerprint density at radius 3 is 2.47 bits per heavy atom. The molecule has 4 nitrogen and oxygen atoms in total. The molecule has 0 fully saturated rings. The van der Waals surface area contributed by atoms with Crippen molar-refractivity contribution in [3.63, 3.8) is 0 Å². The van der Waals surface area contributed by atoms with Crippen molar-refractivity contribution < 1.29 is 5.11 Å². The molecular formula is C15H27N3O. The molecule has 0 amide bonds. The Bertz CT molecular complexity index is 380. The van der Waals surface area contributed by atoms with Crippen LogP contribution in [0.25, 0.3) is 0 Å². The van der Waals surface area contributed by atoms with Crippen LogP contribution in [-0.4, -0.2) is 49.2 Å². The Hall–Kier alpha value is -1.13. The summed E-state index contributed by atoms with van der Waals surface area (Å²) in [5.41, 5.74) is 2.02. The summed E-state index contributed by atoms with van der Waals surface area (Å²) >= 11 is 0. The van der Waals surface area contributed by atoms with Crippen molar-refractivity contribution in [2.75, 3.05) is 39.1 Å². The van der Waals surface area contributed by atoms with E-state index in [2.05, 4.69) is 42.9 Å². The second kappa shape index (κ2) is 8.12. The molecule has 4 heteroatoms. The molecule has 0 aliphatic rings. The van der Waals surface area contributed by atoms with E-state index in [9.17, 15) is 5.11 Å². The van der Waals surface area contributed by atoms with Gasteiger partial charge in [0.25, 0.3) is 0 Å². The number of aliphatic hydroxyl groups excluding tert-OH is 1. The highest BCUT2D eigenvalue weighted by Crippen LogP contribution is 2.15. The SMILES string of the molecule is CCCc1cc(CO)cc(N(C)CCCN(C)C)n1. The minimum Gasteiger partial charge on any atom is -0.392 e. The van der Waals surface area contributed by atoms with Gasteiger partial charge in [-0.25, -0.2) is 4.98 Å². The number of nitrogens with zero attached hydrogens (tertiary/aromatic N) is 3. The first-order valence-electron chi connectivity index (χ1n) is 7.03. The van der Waals surface area contributed by atoms with E-state index in [0.29, 0.717) is 0 Å². The van der Waals surface area contributed by atoms with E-state index in [1.807, 2.05) is 12.1 Å². The van der Waals surface area contributed by atoms with Gasteiger partial charge in [0.1, 0.15) is 5.82 Å². The van der Waals surface area contributed by atoms with Gasteiger partial charge < -0.3 is 14.9 Å². The van der Waals surface area contributed by atoms with E-state index in [0.717, 1.165) is 49.4 Å². The number of rotatable bonds is 8.